The Morgan fingerprint density at radius 3 is 2.80 bits per heavy atom. The van der Waals surface area contributed by atoms with Crippen molar-refractivity contribution < 1.29 is 17.2 Å². The quantitative estimate of drug-likeness (QED) is 0.885. The van der Waals surface area contributed by atoms with Gasteiger partial charge in [0.05, 0.1) is 24.2 Å². The zero-order chi connectivity index (χ0) is 18.4. The number of halogens is 2. The summed E-state index contributed by atoms with van der Waals surface area (Å²) in [7, 11) is -3.42. The van der Waals surface area contributed by atoms with Crippen LogP contribution in [-0.2, 0) is 10.0 Å². The van der Waals surface area contributed by atoms with Gasteiger partial charge in [-0.25, -0.2) is 26.7 Å². The number of nitrogens with one attached hydrogen (secondary N) is 1. The number of rotatable bonds is 4. The maximum atomic E-state index is 14.3. The number of piperidine rings is 1. The van der Waals surface area contributed by atoms with E-state index in [1.54, 1.807) is 6.92 Å². The van der Waals surface area contributed by atoms with E-state index in [0.29, 0.717) is 11.3 Å². The van der Waals surface area contributed by atoms with Crippen LogP contribution in [0.4, 0.5) is 14.7 Å². The van der Waals surface area contributed by atoms with Crippen molar-refractivity contribution in [1.29, 1.82) is 0 Å². The normalized spacial score (nSPS) is 22.2. The average Bonchev–Trinajstić information content (AvgIpc) is 2.85. The molecule has 3 rings (SSSR count). The highest BCUT2D eigenvalue weighted by atomic mass is 32.2. The van der Waals surface area contributed by atoms with Crippen molar-refractivity contribution in [1.82, 2.24) is 18.9 Å². The van der Waals surface area contributed by atoms with Crippen molar-refractivity contribution in [2.45, 2.75) is 25.6 Å². The van der Waals surface area contributed by atoms with Gasteiger partial charge in [0.1, 0.15) is 11.7 Å². The van der Waals surface area contributed by atoms with Gasteiger partial charge in [0.2, 0.25) is 16.0 Å². The number of sulfonamides is 1. The average molecular weight is 371 g/mol. The molecular weight excluding hydrogens is 352 g/mol. The van der Waals surface area contributed by atoms with E-state index in [4.69, 9.17) is 0 Å². The van der Waals surface area contributed by atoms with E-state index in [1.807, 2.05) is 0 Å². The molecule has 0 bridgehead atoms. The molecule has 0 aromatic carbocycles. The molecule has 0 unspecified atom stereocenters. The summed E-state index contributed by atoms with van der Waals surface area (Å²) < 4.78 is 53.7. The number of nitrogens with zero attached hydrogens (tertiary/aromatic N) is 4. The van der Waals surface area contributed by atoms with Crippen LogP contribution in [0.5, 0.6) is 0 Å². The molecule has 136 valence electrons. The highest BCUT2D eigenvalue weighted by molar-refractivity contribution is 7.88. The van der Waals surface area contributed by atoms with Gasteiger partial charge < -0.3 is 5.32 Å². The third-order valence-corrected chi connectivity index (χ3v) is 5.46. The van der Waals surface area contributed by atoms with E-state index < -0.39 is 28.1 Å². The van der Waals surface area contributed by atoms with Gasteiger partial charge in [0.25, 0.3) is 0 Å². The molecule has 2 aromatic rings. The number of aromatic nitrogens is 3. The maximum Gasteiger partial charge on any atom is 0.241 e. The number of anilines is 1. The maximum absolute atomic E-state index is 14.3. The molecule has 0 aliphatic carbocycles. The Morgan fingerprint density at radius 2 is 2.20 bits per heavy atom. The Kier molecular flexibility index (Phi) is 4.50. The molecule has 2 aromatic heterocycles. The van der Waals surface area contributed by atoms with Crippen LogP contribution >= 0.6 is 0 Å². The van der Waals surface area contributed by atoms with Crippen LogP contribution in [0.15, 0.2) is 18.8 Å². The Hall–Kier alpha value is -2.07. The van der Waals surface area contributed by atoms with E-state index in [9.17, 15) is 17.2 Å². The lowest BCUT2D eigenvalue weighted by atomic mass is 10.1. The summed E-state index contributed by atoms with van der Waals surface area (Å²) in [5, 5.41) is 7.09. The molecule has 7 nitrogen and oxygen atoms in total. The van der Waals surface area contributed by atoms with Gasteiger partial charge in [0.15, 0.2) is 5.82 Å². The van der Waals surface area contributed by atoms with Crippen molar-refractivity contribution in [2.24, 2.45) is 0 Å². The van der Waals surface area contributed by atoms with Crippen LogP contribution in [0.1, 0.15) is 19.0 Å². The molecule has 1 aliphatic heterocycles. The Bertz CT molecular complexity index is 927. The van der Waals surface area contributed by atoms with Crippen molar-refractivity contribution in [3.8, 4) is 0 Å². The van der Waals surface area contributed by atoms with Gasteiger partial charge in [-0.05, 0) is 18.9 Å². The lowest BCUT2D eigenvalue weighted by Crippen LogP contribution is -2.49. The summed E-state index contributed by atoms with van der Waals surface area (Å²) in [5.74, 6) is -0.319. The number of alkyl halides is 1. The monoisotopic (exact) mass is 371 g/mol. The highest BCUT2D eigenvalue weighted by Crippen LogP contribution is 2.22. The standard InChI is InChI=1S/C15H19F2N5O2S/c1-9(2)13-6-10(16)14-7-18-15(20-22(13)14)19-12-4-5-21(8-11(12)17)25(3,23)24/h6-7,11-12H,1,4-5,8H2,2-3H3,(H,19,20)/t11-,12-/m1/s1. The second-order valence-electron chi connectivity index (χ2n) is 6.21. The molecule has 3 heterocycles. The first-order valence-electron chi connectivity index (χ1n) is 7.72. The van der Waals surface area contributed by atoms with Gasteiger partial charge in [-0.15, -0.1) is 5.10 Å². The van der Waals surface area contributed by atoms with Crippen molar-refractivity contribution in [3.63, 3.8) is 0 Å². The second-order valence-corrected chi connectivity index (χ2v) is 8.20. The SMILES string of the molecule is C=C(C)c1cc(F)c2cnc(N[C@@H]3CCN(S(C)(=O)=O)C[C@H]3F)nn12. The lowest BCUT2D eigenvalue weighted by Gasteiger charge is -2.33. The van der Waals surface area contributed by atoms with E-state index in [2.05, 4.69) is 22.0 Å². The summed E-state index contributed by atoms with van der Waals surface area (Å²) in [6.45, 7) is 5.52. The van der Waals surface area contributed by atoms with Crippen LogP contribution in [0.2, 0.25) is 0 Å². The fraction of sp³-hybridized carbons (Fsp3) is 0.467. The van der Waals surface area contributed by atoms with Gasteiger partial charge in [-0.1, -0.05) is 6.58 Å². The van der Waals surface area contributed by atoms with Gasteiger partial charge in [0, 0.05) is 19.2 Å². The van der Waals surface area contributed by atoms with E-state index in [0.717, 1.165) is 10.6 Å². The molecule has 10 heteroatoms. The van der Waals surface area contributed by atoms with Crippen LogP contribution in [0, 0.1) is 5.82 Å². The molecule has 1 N–H and O–H groups in total. The minimum absolute atomic E-state index is 0.144. The number of fused-ring (bicyclic) bond motifs is 1. The topological polar surface area (TPSA) is 79.6 Å². The van der Waals surface area contributed by atoms with Crippen molar-refractivity contribution in [2.75, 3.05) is 24.7 Å². The largest absolute Gasteiger partial charge is 0.347 e. The van der Waals surface area contributed by atoms with Crippen LogP contribution < -0.4 is 5.32 Å². The number of allylic oxidation sites excluding steroid dienone is 1. The third kappa shape index (κ3) is 3.49. The van der Waals surface area contributed by atoms with Crippen LogP contribution in [0.3, 0.4) is 0 Å². The van der Waals surface area contributed by atoms with Gasteiger partial charge in [-0.2, -0.15) is 4.31 Å². The minimum Gasteiger partial charge on any atom is -0.347 e. The zero-order valence-corrected chi connectivity index (χ0v) is 14.7. The molecule has 0 radical (unpaired) electrons. The molecular formula is C15H19F2N5O2S. The lowest BCUT2D eigenvalue weighted by molar-refractivity contribution is 0.186. The summed E-state index contributed by atoms with van der Waals surface area (Å²) in [4.78, 5) is 4.03. The first-order chi connectivity index (χ1) is 11.7. The Labute approximate surface area is 144 Å². The zero-order valence-electron chi connectivity index (χ0n) is 13.9. The van der Waals surface area contributed by atoms with Crippen LogP contribution in [-0.4, -0.2) is 58.9 Å². The minimum atomic E-state index is -3.42. The molecule has 1 fully saturated rings. The molecule has 1 aliphatic rings. The van der Waals surface area contributed by atoms with Crippen LogP contribution in [0.25, 0.3) is 11.1 Å². The summed E-state index contributed by atoms with van der Waals surface area (Å²) in [6.07, 6.45) is 1.26. The molecule has 2 atom stereocenters. The molecule has 0 amide bonds. The van der Waals surface area contributed by atoms with Crippen molar-refractivity contribution in [3.05, 3.63) is 30.4 Å². The molecule has 0 saturated carbocycles. The summed E-state index contributed by atoms with van der Waals surface area (Å²) >= 11 is 0. The first kappa shape index (κ1) is 17.7. The highest BCUT2D eigenvalue weighted by Gasteiger charge is 2.33. The third-order valence-electron chi connectivity index (χ3n) is 4.19. The fourth-order valence-electron chi connectivity index (χ4n) is 2.83. The molecule has 1 saturated heterocycles. The van der Waals surface area contributed by atoms with E-state index in [1.165, 1.54) is 16.8 Å². The Balaban J connectivity index is 1.82. The second kappa shape index (κ2) is 6.34. The smallest absolute Gasteiger partial charge is 0.241 e. The summed E-state index contributed by atoms with van der Waals surface area (Å²) in [5.41, 5.74) is 1.34. The predicted molar refractivity (Wildman–Crippen MR) is 91.0 cm³/mol. The predicted octanol–water partition coefficient (Wildman–Crippen LogP) is 1.69. The van der Waals surface area contributed by atoms with E-state index in [-0.39, 0.29) is 31.0 Å². The molecule has 0 spiro atoms. The van der Waals surface area contributed by atoms with Gasteiger partial charge in [-0.3, -0.25) is 0 Å². The molecule has 25 heavy (non-hydrogen) atoms. The number of hydrogen-bond donors (Lipinski definition) is 1. The van der Waals surface area contributed by atoms with Crippen molar-refractivity contribution >= 4 is 27.1 Å². The number of hydrogen-bond acceptors (Lipinski definition) is 5. The van der Waals surface area contributed by atoms with E-state index >= 15 is 0 Å². The van der Waals surface area contributed by atoms with Gasteiger partial charge >= 0.3 is 0 Å². The summed E-state index contributed by atoms with van der Waals surface area (Å²) in [6, 6.07) is 0.697. The first-order valence-corrected chi connectivity index (χ1v) is 9.57. The fourth-order valence-corrected chi connectivity index (χ4v) is 3.68. The Morgan fingerprint density at radius 1 is 1.48 bits per heavy atom.